The molecule has 1 nitrogen and oxygen atoms in total. The van der Waals surface area contributed by atoms with E-state index in [1.807, 2.05) is 6.07 Å². The standard InChI is InChI=1S/C11H11F3O/c1-7-2-3-9(8-4-5-8)6-10(7)15-11(12,13)14/h2-3,6,8H,4-5H2,1H3. The fourth-order valence-corrected chi connectivity index (χ4v) is 1.52. The molecule has 0 atom stereocenters. The quantitative estimate of drug-likeness (QED) is 0.731. The van der Waals surface area contributed by atoms with Crippen LogP contribution in [0.1, 0.15) is 29.9 Å². The Bertz CT molecular complexity index is 367. The lowest BCUT2D eigenvalue weighted by Gasteiger charge is -2.12. The van der Waals surface area contributed by atoms with Gasteiger partial charge in [0.05, 0.1) is 0 Å². The summed E-state index contributed by atoms with van der Waals surface area (Å²) in [6.45, 7) is 1.61. The minimum absolute atomic E-state index is 0.0769. The van der Waals surface area contributed by atoms with Gasteiger partial charge in [0.25, 0.3) is 0 Å². The molecule has 0 unspecified atom stereocenters. The minimum Gasteiger partial charge on any atom is -0.406 e. The number of halogens is 3. The van der Waals surface area contributed by atoms with Gasteiger partial charge in [-0.1, -0.05) is 12.1 Å². The molecule has 0 N–H and O–H groups in total. The van der Waals surface area contributed by atoms with Crippen LogP contribution in [0.15, 0.2) is 18.2 Å². The summed E-state index contributed by atoms with van der Waals surface area (Å²) in [6.07, 6.45) is -2.48. The van der Waals surface area contributed by atoms with Crippen LogP contribution < -0.4 is 4.74 Å². The highest BCUT2D eigenvalue weighted by Gasteiger charge is 2.32. The molecule has 0 radical (unpaired) electrons. The lowest BCUT2D eigenvalue weighted by molar-refractivity contribution is -0.274. The third kappa shape index (κ3) is 2.64. The van der Waals surface area contributed by atoms with Crippen LogP contribution in [0.5, 0.6) is 5.75 Å². The first-order chi connectivity index (χ1) is 6.96. The van der Waals surface area contributed by atoms with Gasteiger partial charge in [0.15, 0.2) is 0 Å². The lowest BCUT2D eigenvalue weighted by Crippen LogP contribution is -2.17. The van der Waals surface area contributed by atoms with Gasteiger partial charge in [-0.15, -0.1) is 13.2 Å². The third-order valence-corrected chi connectivity index (χ3v) is 2.49. The van der Waals surface area contributed by atoms with E-state index in [4.69, 9.17) is 0 Å². The summed E-state index contributed by atoms with van der Waals surface area (Å²) >= 11 is 0. The molecule has 0 saturated heterocycles. The zero-order valence-electron chi connectivity index (χ0n) is 8.27. The van der Waals surface area contributed by atoms with Gasteiger partial charge < -0.3 is 4.74 Å². The van der Waals surface area contributed by atoms with Gasteiger partial charge in [0.2, 0.25) is 0 Å². The Balaban J connectivity index is 2.24. The number of rotatable bonds is 2. The van der Waals surface area contributed by atoms with Crippen LogP contribution in [0.3, 0.4) is 0 Å². The number of aryl methyl sites for hydroxylation is 1. The fourth-order valence-electron chi connectivity index (χ4n) is 1.52. The van der Waals surface area contributed by atoms with Gasteiger partial charge in [-0.25, -0.2) is 0 Å². The molecule has 0 spiro atoms. The molecule has 0 aliphatic heterocycles. The molecule has 1 aliphatic rings. The average molecular weight is 216 g/mol. The van der Waals surface area contributed by atoms with Crippen molar-refractivity contribution in [3.05, 3.63) is 29.3 Å². The Morgan fingerprint density at radius 3 is 2.47 bits per heavy atom. The first-order valence-electron chi connectivity index (χ1n) is 4.82. The molecule has 1 aromatic carbocycles. The summed E-state index contributed by atoms with van der Waals surface area (Å²) in [5.41, 5.74) is 1.46. The summed E-state index contributed by atoms with van der Waals surface area (Å²) in [5.74, 6) is 0.355. The van der Waals surface area contributed by atoms with Crippen molar-refractivity contribution in [2.24, 2.45) is 0 Å². The summed E-state index contributed by atoms with van der Waals surface area (Å²) in [7, 11) is 0. The number of alkyl halides is 3. The van der Waals surface area contributed by atoms with Crippen LogP contribution in [0.4, 0.5) is 13.2 Å². The van der Waals surface area contributed by atoms with Gasteiger partial charge in [-0.05, 0) is 42.9 Å². The maximum absolute atomic E-state index is 12.0. The molecule has 1 aromatic rings. The molecule has 0 amide bonds. The SMILES string of the molecule is Cc1ccc(C2CC2)cc1OC(F)(F)F. The molecule has 0 aromatic heterocycles. The zero-order chi connectivity index (χ0) is 11.1. The monoisotopic (exact) mass is 216 g/mol. The second kappa shape index (κ2) is 3.43. The van der Waals surface area contributed by atoms with Crippen molar-refractivity contribution in [2.75, 3.05) is 0 Å². The van der Waals surface area contributed by atoms with Crippen LogP contribution >= 0.6 is 0 Å². The highest BCUT2D eigenvalue weighted by atomic mass is 19.4. The molecular formula is C11H11F3O. The maximum atomic E-state index is 12.0. The Morgan fingerprint density at radius 1 is 1.27 bits per heavy atom. The zero-order valence-corrected chi connectivity index (χ0v) is 8.27. The van der Waals surface area contributed by atoms with E-state index in [0.29, 0.717) is 11.5 Å². The van der Waals surface area contributed by atoms with Crippen molar-refractivity contribution >= 4 is 0 Å². The van der Waals surface area contributed by atoms with Crippen molar-refractivity contribution in [1.82, 2.24) is 0 Å². The molecule has 82 valence electrons. The molecule has 1 saturated carbocycles. The predicted octanol–water partition coefficient (Wildman–Crippen LogP) is 3.77. The van der Waals surface area contributed by atoms with Gasteiger partial charge in [-0.2, -0.15) is 0 Å². The van der Waals surface area contributed by atoms with Crippen molar-refractivity contribution in [2.45, 2.75) is 32.0 Å². The van der Waals surface area contributed by atoms with E-state index in [0.717, 1.165) is 18.4 Å². The van der Waals surface area contributed by atoms with E-state index < -0.39 is 6.36 Å². The molecule has 4 heteroatoms. The molecule has 0 bridgehead atoms. The van der Waals surface area contributed by atoms with E-state index in [9.17, 15) is 13.2 Å². The van der Waals surface area contributed by atoms with E-state index in [1.54, 1.807) is 13.0 Å². The van der Waals surface area contributed by atoms with E-state index in [-0.39, 0.29) is 5.75 Å². The molecule has 1 aliphatic carbocycles. The molecule has 0 heterocycles. The average Bonchev–Trinajstić information content (AvgIpc) is 2.89. The van der Waals surface area contributed by atoms with Crippen molar-refractivity contribution < 1.29 is 17.9 Å². The maximum Gasteiger partial charge on any atom is 0.573 e. The Kier molecular flexibility index (Phi) is 2.37. The molecule has 1 fully saturated rings. The normalized spacial score (nSPS) is 16.5. The Morgan fingerprint density at radius 2 is 1.93 bits per heavy atom. The topological polar surface area (TPSA) is 9.23 Å². The van der Waals surface area contributed by atoms with Gasteiger partial charge in [-0.3, -0.25) is 0 Å². The Hall–Kier alpha value is -1.19. The Labute approximate surface area is 85.9 Å². The van der Waals surface area contributed by atoms with E-state index in [2.05, 4.69) is 4.74 Å². The molecule has 2 rings (SSSR count). The summed E-state index contributed by atoms with van der Waals surface area (Å²) < 4.78 is 40.1. The fraction of sp³-hybridized carbons (Fsp3) is 0.455. The number of hydrogen-bond donors (Lipinski definition) is 0. The van der Waals surface area contributed by atoms with Gasteiger partial charge in [0.1, 0.15) is 5.75 Å². The first kappa shape index (κ1) is 10.3. The molecule has 15 heavy (non-hydrogen) atoms. The van der Waals surface area contributed by atoms with E-state index >= 15 is 0 Å². The van der Waals surface area contributed by atoms with E-state index in [1.165, 1.54) is 6.07 Å². The predicted molar refractivity (Wildman–Crippen MR) is 49.8 cm³/mol. The largest absolute Gasteiger partial charge is 0.573 e. The highest BCUT2D eigenvalue weighted by Crippen LogP contribution is 2.42. The van der Waals surface area contributed by atoms with Crippen LogP contribution in [0.2, 0.25) is 0 Å². The number of ether oxygens (including phenoxy) is 1. The summed E-state index contributed by atoms with van der Waals surface area (Å²) in [6, 6.07) is 5.05. The highest BCUT2D eigenvalue weighted by molar-refractivity contribution is 5.39. The number of benzene rings is 1. The van der Waals surface area contributed by atoms with Crippen LogP contribution in [0, 0.1) is 6.92 Å². The lowest BCUT2D eigenvalue weighted by atomic mass is 10.1. The van der Waals surface area contributed by atoms with Crippen molar-refractivity contribution in [3.63, 3.8) is 0 Å². The van der Waals surface area contributed by atoms with Crippen LogP contribution in [-0.2, 0) is 0 Å². The second-order valence-electron chi connectivity index (χ2n) is 3.85. The van der Waals surface area contributed by atoms with Crippen molar-refractivity contribution in [1.29, 1.82) is 0 Å². The molecular weight excluding hydrogens is 205 g/mol. The van der Waals surface area contributed by atoms with Gasteiger partial charge >= 0.3 is 6.36 Å². The summed E-state index contributed by atoms with van der Waals surface area (Å²) in [5, 5.41) is 0. The smallest absolute Gasteiger partial charge is 0.406 e. The van der Waals surface area contributed by atoms with Gasteiger partial charge in [0, 0.05) is 0 Å². The minimum atomic E-state index is -4.60. The number of hydrogen-bond acceptors (Lipinski definition) is 1. The third-order valence-electron chi connectivity index (χ3n) is 2.49. The van der Waals surface area contributed by atoms with Crippen LogP contribution in [-0.4, -0.2) is 6.36 Å². The second-order valence-corrected chi connectivity index (χ2v) is 3.85. The first-order valence-corrected chi connectivity index (χ1v) is 4.82. The van der Waals surface area contributed by atoms with Crippen LogP contribution in [0.25, 0.3) is 0 Å². The summed E-state index contributed by atoms with van der Waals surface area (Å²) in [4.78, 5) is 0. The van der Waals surface area contributed by atoms with Crippen molar-refractivity contribution in [3.8, 4) is 5.75 Å².